The van der Waals surface area contributed by atoms with Gasteiger partial charge in [0.1, 0.15) is 0 Å². The van der Waals surface area contributed by atoms with Crippen molar-refractivity contribution in [1.82, 2.24) is 0 Å². The molecule has 7 heteroatoms. The molecule has 0 N–H and O–H groups in total. The molecule has 0 aromatic heterocycles. The Balaban J connectivity index is 0.000000403. The number of aliphatic carboxylic acids is 2. The van der Waals surface area contributed by atoms with E-state index in [-0.39, 0.29) is 37.7 Å². The first-order valence-corrected chi connectivity index (χ1v) is 8.72. The largest absolute Gasteiger partial charge is 2.00 e. The first-order chi connectivity index (χ1) is 10.4. The summed E-state index contributed by atoms with van der Waals surface area (Å²) >= 11 is 3.67. The van der Waals surface area contributed by atoms with E-state index in [1.54, 1.807) is 24.3 Å². The van der Waals surface area contributed by atoms with Crippen LogP contribution in [0.2, 0.25) is 0 Å². The SMILES string of the molecule is O=C([O-])C(I)c1ccccc1.O=C([O-])C(I)c1ccccc1.[Ca+2]. The van der Waals surface area contributed by atoms with Crippen LogP contribution in [0.4, 0.5) is 0 Å². The summed E-state index contributed by atoms with van der Waals surface area (Å²) in [6, 6.07) is 18.0. The van der Waals surface area contributed by atoms with Gasteiger partial charge in [0.05, 0.1) is 19.8 Å². The van der Waals surface area contributed by atoms with Gasteiger partial charge in [-0.05, 0) is 11.1 Å². The Morgan fingerprint density at radius 2 is 0.957 bits per heavy atom. The minimum absolute atomic E-state index is 0. The fraction of sp³-hybridized carbons (Fsp3) is 0.125. The van der Waals surface area contributed by atoms with E-state index in [1.165, 1.54) is 0 Å². The molecule has 0 aliphatic rings. The van der Waals surface area contributed by atoms with E-state index >= 15 is 0 Å². The van der Waals surface area contributed by atoms with E-state index in [0.29, 0.717) is 0 Å². The van der Waals surface area contributed by atoms with Gasteiger partial charge in [-0.2, -0.15) is 0 Å². The normalized spacial score (nSPS) is 11.9. The maximum absolute atomic E-state index is 10.4. The molecule has 0 heterocycles. The quantitative estimate of drug-likeness (QED) is 0.321. The summed E-state index contributed by atoms with van der Waals surface area (Å²) in [6.07, 6.45) is 0. The minimum Gasteiger partial charge on any atom is -0.549 e. The maximum Gasteiger partial charge on any atom is 2.00 e. The van der Waals surface area contributed by atoms with Gasteiger partial charge in [0.2, 0.25) is 0 Å². The number of carboxylic acid groups (broad SMARTS) is 2. The standard InChI is InChI=1S/2C8H7IO2.Ca/c2*9-7(8(10)11)6-4-2-1-3-5-6;/h2*1-5,7H,(H,10,11);/q;;+2/p-2. The van der Waals surface area contributed by atoms with E-state index in [1.807, 2.05) is 81.6 Å². The van der Waals surface area contributed by atoms with Crippen LogP contribution in [0.1, 0.15) is 19.0 Å². The molecule has 4 nitrogen and oxygen atoms in total. The minimum atomic E-state index is -1.04. The van der Waals surface area contributed by atoms with Crippen molar-refractivity contribution in [3.8, 4) is 0 Å². The molecule has 2 atom stereocenters. The number of hydrogen-bond donors (Lipinski definition) is 0. The zero-order chi connectivity index (χ0) is 16.5. The second-order valence-electron chi connectivity index (χ2n) is 4.18. The van der Waals surface area contributed by atoms with Crippen LogP contribution in [0.3, 0.4) is 0 Å². The van der Waals surface area contributed by atoms with Crippen molar-refractivity contribution < 1.29 is 19.8 Å². The van der Waals surface area contributed by atoms with Crippen LogP contribution in [0.25, 0.3) is 0 Å². The average molecular weight is 562 g/mol. The summed E-state index contributed by atoms with van der Waals surface area (Å²) in [5, 5.41) is 20.8. The van der Waals surface area contributed by atoms with Crippen molar-refractivity contribution in [2.45, 2.75) is 7.85 Å². The van der Waals surface area contributed by atoms with E-state index in [9.17, 15) is 19.8 Å². The van der Waals surface area contributed by atoms with Crippen LogP contribution in [0, 0.1) is 0 Å². The van der Waals surface area contributed by atoms with Gasteiger partial charge in [-0.15, -0.1) is 0 Å². The Hall–Kier alpha value is 0.0997. The molecular weight excluding hydrogens is 550 g/mol. The van der Waals surface area contributed by atoms with Crippen molar-refractivity contribution in [2.75, 3.05) is 0 Å². The van der Waals surface area contributed by atoms with Crippen molar-refractivity contribution in [3.63, 3.8) is 0 Å². The molecule has 2 rings (SSSR count). The molecule has 23 heavy (non-hydrogen) atoms. The van der Waals surface area contributed by atoms with Gasteiger partial charge in [0.25, 0.3) is 0 Å². The summed E-state index contributed by atoms with van der Waals surface area (Å²) in [7, 11) is 0. The summed E-state index contributed by atoms with van der Waals surface area (Å²) in [6.45, 7) is 0. The zero-order valence-electron chi connectivity index (χ0n) is 12.0. The third-order valence-electron chi connectivity index (χ3n) is 2.60. The van der Waals surface area contributed by atoms with Crippen LogP contribution in [0.15, 0.2) is 60.7 Å². The average Bonchev–Trinajstić information content (AvgIpc) is 2.55. The van der Waals surface area contributed by atoms with Gasteiger partial charge >= 0.3 is 37.7 Å². The van der Waals surface area contributed by atoms with Crippen molar-refractivity contribution in [2.24, 2.45) is 0 Å². The number of benzene rings is 2. The maximum atomic E-state index is 10.4. The first-order valence-electron chi connectivity index (χ1n) is 6.23. The fourth-order valence-electron chi connectivity index (χ4n) is 1.52. The molecule has 0 aliphatic heterocycles. The predicted octanol–water partition coefficient (Wildman–Crippen LogP) is 1.44. The molecule has 0 spiro atoms. The Bertz CT molecular complexity index is 552. The van der Waals surface area contributed by atoms with E-state index < -0.39 is 19.8 Å². The summed E-state index contributed by atoms with van der Waals surface area (Å²) in [5.74, 6) is -2.09. The third-order valence-corrected chi connectivity index (χ3v) is 5.05. The van der Waals surface area contributed by atoms with E-state index in [4.69, 9.17) is 0 Å². The molecule has 2 unspecified atom stereocenters. The number of carboxylic acids is 2. The van der Waals surface area contributed by atoms with Gasteiger partial charge in [0.15, 0.2) is 0 Å². The Morgan fingerprint density at radius 1 is 0.696 bits per heavy atom. The third kappa shape index (κ3) is 8.66. The van der Waals surface area contributed by atoms with Crippen LogP contribution < -0.4 is 10.2 Å². The number of alkyl halides is 2. The van der Waals surface area contributed by atoms with Gasteiger partial charge in [-0.25, -0.2) is 0 Å². The Labute approximate surface area is 192 Å². The Kier molecular flexibility index (Phi) is 12.5. The molecule has 0 radical (unpaired) electrons. The van der Waals surface area contributed by atoms with Gasteiger partial charge in [0, 0.05) is 0 Å². The number of carbonyl (C=O) groups is 2. The zero-order valence-corrected chi connectivity index (χ0v) is 18.5. The van der Waals surface area contributed by atoms with Crippen molar-refractivity contribution >= 4 is 94.9 Å². The van der Waals surface area contributed by atoms with Gasteiger partial charge in [-0.3, -0.25) is 0 Å². The molecule has 0 fully saturated rings. The molecule has 0 saturated carbocycles. The number of hydrogen-bond acceptors (Lipinski definition) is 4. The Morgan fingerprint density at radius 3 is 1.17 bits per heavy atom. The van der Waals surface area contributed by atoms with Gasteiger partial charge in [-0.1, -0.05) is 106 Å². The molecule has 2 aromatic rings. The van der Waals surface area contributed by atoms with Crippen molar-refractivity contribution in [3.05, 3.63) is 71.8 Å². The van der Waals surface area contributed by atoms with Gasteiger partial charge < -0.3 is 19.8 Å². The first kappa shape index (κ1) is 23.1. The molecule has 0 saturated heterocycles. The van der Waals surface area contributed by atoms with Crippen LogP contribution in [-0.2, 0) is 9.59 Å². The topological polar surface area (TPSA) is 80.3 Å². The molecule has 116 valence electrons. The smallest absolute Gasteiger partial charge is 0.549 e. The monoisotopic (exact) mass is 562 g/mol. The number of carbonyl (C=O) groups excluding carboxylic acids is 2. The van der Waals surface area contributed by atoms with Crippen LogP contribution in [0.5, 0.6) is 0 Å². The molecule has 0 bridgehead atoms. The second kappa shape index (κ2) is 12.5. The summed E-state index contributed by atoms with van der Waals surface area (Å²) < 4.78 is -1.09. The molecule has 0 amide bonds. The van der Waals surface area contributed by atoms with E-state index in [2.05, 4.69) is 0 Å². The fourth-order valence-corrected chi connectivity index (χ4v) is 2.35. The van der Waals surface area contributed by atoms with Crippen LogP contribution >= 0.6 is 45.2 Å². The van der Waals surface area contributed by atoms with Crippen LogP contribution in [-0.4, -0.2) is 49.7 Å². The summed E-state index contributed by atoms with van der Waals surface area (Å²) in [5.41, 5.74) is 1.54. The predicted molar refractivity (Wildman–Crippen MR) is 102 cm³/mol. The number of halogens is 2. The number of rotatable bonds is 4. The van der Waals surface area contributed by atoms with E-state index in [0.717, 1.165) is 11.1 Å². The van der Waals surface area contributed by atoms with Crippen molar-refractivity contribution in [1.29, 1.82) is 0 Å². The molecule has 2 aromatic carbocycles. The second-order valence-corrected chi connectivity index (χ2v) is 6.68. The molecular formula is C16H12CaI2O4. The summed E-state index contributed by atoms with van der Waals surface area (Å²) in [4.78, 5) is 20.8. The molecule has 0 aliphatic carbocycles.